The summed E-state index contributed by atoms with van der Waals surface area (Å²) in [4.78, 5) is 14.8. The van der Waals surface area contributed by atoms with Gasteiger partial charge in [0.2, 0.25) is 0 Å². The fourth-order valence-corrected chi connectivity index (χ4v) is 6.39. The van der Waals surface area contributed by atoms with Crippen molar-refractivity contribution >= 4 is 27.0 Å². The predicted molar refractivity (Wildman–Crippen MR) is 114 cm³/mol. The minimum absolute atomic E-state index is 0.268. The van der Waals surface area contributed by atoms with Gasteiger partial charge in [-0.15, -0.1) is 11.3 Å². The number of aromatic amines is 1. The van der Waals surface area contributed by atoms with Crippen molar-refractivity contribution in [2.75, 3.05) is 31.1 Å². The highest BCUT2D eigenvalue weighted by atomic mass is 32.2. The van der Waals surface area contributed by atoms with Gasteiger partial charge in [0.25, 0.3) is 15.6 Å². The minimum Gasteiger partial charge on any atom is -0.369 e. The number of hydrogen-bond donors (Lipinski definition) is 1. The molecule has 2 aromatic heterocycles. The first-order chi connectivity index (χ1) is 14.3. The molecule has 0 bridgehead atoms. The van der Waals surface area contributed by atoms with E-state index in [9.17, 15) is 17.6 Å². The molecule has 0 saturated carbocycles. The first-order valence-electron chi connectivity index (χ1n) is 9.47. The minimum atomic E-state index is -3.60. The number of benzene rings is 1. The maximum Gasteiger partial charge on any atom is 0.267 e. The number of H-pyrrole nitrogens is 1. The van der Waals surface area contributed by atoms with Crippen molar-refractivity contribution in [3.63, 3.8) is 0 Å². The molecule has 10 heteroatoms. The van der Waals surface area contributed by atoms with Crippen molar-refractivity contribution in [3.05, 3.63) is 74.8 Å². The molecule has 1 aliphatic rings. The van der Waals surface area contributed by atoms with E-state index >= 15 is 0 Å². The van der Waals surface area contributed by atoms with Crippen LogP contribution in [0, 0.1) is 12.7 Å². The van der Waals surface area contributed by atoms with E-state index in [0.717, 1.165) is 10.6 Å². The van der Waals surface area contributed by atoms with Crippen LogP contribution in [0.2, 0.25) is 0 Å². The maximum absolute atomic E-state index is 13.1. The molecule has 1 saturated heterocycles. The van der Waals surface area contributed by atoms with Crippen LogP contribution in [0.4, 0.5) is 10.1 Å². The van der Waals surface area contributed by atoms with Gasteiger partial charge in [0, 0.05) is 48.7 Å². The van der Waals surface area contributed by atoms with Crippen LogP contribution in [-0.2, 0) is 16.4 Å². The normalized spacial score (nSPS) is 15.5. The summed E-state index contributed by atoms with van der Waals surface area (Å²) >= 11 is 1.18. The van der Waals surface area contributed by atoms with Crippen LogP contribution in [0.1, 0.15) is 16.1 Å². The Bertz CT molecular complexity index is 1200. The van der Waals surface area contributed by atoms with Gasteiger partial charge in [-0.1, -0.05) is 0 Å². The molecule has 3 heterocycles. The van der Waals surface area contributed by atoms with E-state index in [1.807, 2.05) is 4.90 Å². The van der Waals surface area contributed by atoms with Crippen LogP contribution in [0.15, 0.2) is 51.5 Å². The van der Waals surface area contributed by atoms with Crippen LogP contribution < -0.4 is 10.5 Å². The molecule has 1 aliphatic heterocycles. The van der Waals surface area contributed by atoms with E-state index < -0.39 is 10.0 Å². The quantitative estimate of drug-likeness (QED) is 0.648. The average molecular weight is 449 g/mol. The molecule has 3 aromatic rings. The molecular weight excluding hydrogens is 427 g/mol. The number of thiophene rings is 1. The second-order valence-corrected chi connectivity index (χ2v) is 10.5. The highest BCUT2D eigenvalue weighted by Crippen LogP contribution is 2.28. The van der Waals surface area contributed by atoms with Crippen molar-refractivity contribution < 1.29 is 12.8 Å². The van der Waals surface area contributed by atoms with Crippen molar-refractivity contribution in [2.24, 2.45) is 0 Å². The predicted octanol–water partition coefficient (Wildman–Crippen LogP) is 2.38. The summed E-state index contributed by atoms with van der Waals surface area (Å²) < 4.78 is 41.0. The highest BCUT2D eigenvalue weighted by molar-refractivity contribution is 7.91. The third kappa shape index (κ3) is 4.30. The van der Waals surface area contributed by atoms with E-state index in [-0.39, 0.29) is 15.6 Å². The lowest BCUT2D eigenvalue weighted by atomic mass is 10.2. The van der Waals surface area contributed by atoms with Crippen LogP contribution in [0.3, 0.4) is 0 Å². The molecule has 4 rings (SSSR count). The largest absolute Gasteiger partial charge is 0.369 e. The van der Waals surface area contributed by atoms with E-state index in [1.165, 1.54) is 27.8 Å². The van der Waals surface area contributed by atoms with Gasteiger partial charge in [-0.2, -0.15) is 9.40 Å². The van der Waals surface area contributed by atoms with E-state index in [2.05, 4.69) is 10.2 Å². The fraction of sp³-hybridized carbons (Fsp3) is 0.300. The summed E-state index contributed by atoms with van der Waals surface area (Å²) in [5.41, 5.74) is 1.87. The lowest BCUT2D eigenvalue weighted by molar-refractivity contribution is 0.386. The molecule has 0 spiro atoms. The van der Waals surface area contributed by atoms with E-state index in [0.29, 0.717) is 43.9 Å². The third-order valence-electron chi connectivity index (χ3n) is 5.03. The lowest BCUT2D eigenvalue weighted by Crippen LogP contribution is -2.48. The Morgan fingerprint density at radius 1 is 1.10 bits per heavy atom. The Kier molecular flexibility index (Phi) is 5.72. The summed E-state index contributed by atoms with van der Waals surface area (Å²) in [7, 11) is -3.60. The molecule has 1 aromatic carbocycles. The number of piperazine rings is 1. The average Bonchev–Trinajstić information content (AvgIpc) is 3.21. The summed E-state index contributed by atoms with van der Waals surface area (Å²) in [5.74, 6) is -0.294. The molecule has 1 N–H and O–H groups in total. The zero-order chi connectivity index (χ0) is 21.3. The molecule has 1 fully saturated rings. The van der Waals surface area contributed by atoms with Gasteiger partial charge in [0.05, 0.1) is 5.69 Å². The molecule has 0 atom stereocenters. The monoisotopic (exact) mass is 448 g/mol. The van der Waals surface area contributed by atoms with Crippen LogP contribution >= 0.6 is 11.3 Å². The van der Waals surface area contributed by atoms with Crippen LogP contribution in [0.25, 0.3) is 0 Å². The molecular formula is C20H21FN4O3S2. The Labute approximate surface area is 177 Å². The van der Waals surface area contributed by atoms with Crippen molar-refractivity contribution in [2.45, 2.75) is 17.6 Å². The zero-order valence-electron chi connectivity index (χ0n) is 16.3. The van der Waals surface area contributed by atoms with Gasteiger partial charge in [0.1, 0.15) is 10.0 Å². The molecule has 0 unspecified atom stereocenters. The number of rotatable bonds is 5. The Hall–Kier alpha value is -2.56. The van der Waals surface area contributed by atoms with Crippen molar-refractivity contribution in [1.29, 1.82) is 0 Å². The van der Waals surface area contributed by atoms with Crippen molar-refractivity contribution in [1.82, 2.24) is 14.5 Å². The summed E-state index contributed by atoms with van der Waals surface area (Å²) in [5, 5.41) is 6.30. The number of aromatic nitrogens is 2. The van der Waals surface area contributed by atoms with E-state index in [1.54, 1.807) is 37.3 Å². The Morgan fingerprint density at radius 2 is 1.80 bits per heavy atom. The molecule has 0 radical (unpaired) electrons. The van der Waals surface area contributed by atoms with Gasteiger partial charge in [-0.25, -0.2) is 17.9 Å². The Balaban J connectivity index is 1.45. The van der Waals surface area contributed by atoms with Crippen LogP contribution in [0.5, 0.6) is 0 Å². The number of sulfonamides is 1. The maximum atomic E-state index is 13.1. The topological polar surface area (TPSA) is 86.4 Å². The van der Waals surface area contributed by atoms with Crippen LogP contribution in [-0.4, -0.2) is 49.1 Å². The number of halogens is 1. The standard InChI is InChI=1S/C20H21FN4O3S2/c1-14-12-15(20(26)23-22-14)13-18-6-7-19(29-18)30(27,28)25-10-8-24(9-11-25)17-4-2-16(21)3-5-17/h2-7,12H,8-11,13H2,1H3,(H,23,26). The van der Waals surface area contributed by atoms with Gasteiger partial charge in [0.15, 0.2) is 0 Å². The lowest BCUT2D eigenvalue weighted by Gasteiger charge is -2.35. The second-order valence-electron chi connectivity index (χ2n) is 7.13. The number of nitrogens with zero attached hydrogens (tertiary/aromatic N) is 3. The molecule has 0 aliphatic carbocycles. The number of nitrogens with one attached hydrogen (secondary N) is 1. The van der Waals surface area contributed by atoms with Gasteiger partial charge in [-0.3, -0.25) is 4.79 Å². The first-order valence-corrected chi connectivity index (χ1v) is 11.7. The van der Waals surface area contributed by atoms with Gasteiger partial charge < -0.3 is 4.90 Å². The smallest absolute Gasteiger partial charge is 0.267 e. The zero-order valence-corrected chi connectivity index (χ0v) is 18.0. The highest BCUT2D eigenvalue weighted by Gasteiger charge is 2.30. The number of aryl methyl sites for hydroxylation is 1. The fourth-order valence-electron chi connectivity index (χ4n) is 3.44. The number of hydrogen-bond acceptors (Lipinski definition) is 6. The van der Waals surface area contributed by atoms with Crippen molar-refractivity contribution in [3.8, 4) is 0 Å². The summed E-state index contributed by atoms with van der Waals surface area (Å²) in [6.07, 6.45) is 0.358. The summed E-state index contributed by atoms with van der Waals surface area (Å²) in [6.45, 7) is 3.57. The Morgan fingerprint density at radius 3 is 2.50 bits per heavy atom. The second kappa shape index (κ2) is 8.29. The molecule has 158 valence electrons. The van der Waals surface area contributed by atoms with Gasteiger partial charge >= 0.3 is 0 Å². The third-order valence-corrected chi connectivity index (χ3v) is 8.49. The first kappa shape index (κ1) is 20.7. The molecule has 0 amide bonds. The van der Waals surface area contributed by atoms with Gasteiger partial charge in [-0.05, 0) is 49.4 Å². The SMILES string of the molecule is Cc1cc(Cc2ccc(S(=O)(=O)N3CCN(c4ccc(F)cc4)CC3)s2)c(=O)[nH]n1. The molecule has 30 heavy (non-hydrogen) atoms. The summed E-state index contributed by atoms with van der Waals surface area (Å²) in [6, 6.07) is 11.3. The van der Waals surface area contributed by atoms with E-state index in [4.69, 9.17) is 0 Å². The number of anilines is 1. The molecule has 7 nitrogen and oxygen atoms in total.